The van der Waals surface area contributed by atoms with E-state index in [0.717, 1.165) is 29.1 Å². The van der Waals surface area contributed by atoms with E-state index in [2.05, 4.69) is 41.6 Å². The van der Waals surface area contributed by atoms with E-state index in [1.807, 2.05) is 30.5 Å². The van der Waals surface area contributed by atoms with E-state index in [9.17, 15) is 4.79 Å². The minimum Gasteiger partial charge on any atom is -0.310 e. The van der Waals surface area contributed by atoms with Gasteiger partial charge < -0.3 is 5.32 Å². The Morgan fingerprint density at radius 2 is 1.88 bits per heavy atom. The number of amides is 1. The summed E-state index contributed by atoms with van der Waals surface area (Å²) >= 11 is 5.97. The van der Waals surface area contributed by atoms with Gasteiger partial charge in [0.2, 0.25) is 5.91 Å². The van der Waals surface area contributed by atoms with Gasteiger partial charge in [-0.2, -0.15) is 5.10 Å². The van der Waals surface area contributed by atoms with Crippen LogP contribution in [-0.2, 0) is 11.2 Å². The molecule has 0 spiro atoms. The minimum atomic E-state index is 0.00721. The molecule has 1 amide bonds. The van der Waals surface area contributed by atoms with Gasteiger partial charge in [0.25, 0.3) is 0 Å². The maximum atomic E-state index is 12.3. The lowest BCUT2D eigenvalue weighted by atomic mass is 9.87. The second-order valence-corrected chi connectivity index (χ2v) is 6.67. The highest BCUT2D eigenvalue weighted by Crippen LogP contribution is 2.38. The molecule has 1 atom stereocenters. The van der Waals surface area contributed by atoms with Crippen molar-refractivity contribution in [3.05, 3.63) is 76.4 Å². The number of aryl methyl sites for hydroxylation is 1. The zero-order valence-electron chi connectivity index (χ0n) is 13.9. The van der Waals surface area contributed by atoms with Crippen LogP contribution in [0, 0.1) is 0 Å². The van der Waals surface area contributed by atoms with E-state index in [1.165, 1.54) is 5.56 Å². The Balaban J connectivity index is 1.76. The van der Waals surface area contributed by atoms with E-state index < -0.39 is 0 Å². The molecule has 0 saturated carbocycles. The molecular weight excluding hydrogens is 334 g/mol. The highest BCUT2D eigenvalue weighted by atomic mass is 35.5. The topological polar surface area (TPSA) is 46.9 Å². The number of fused-ring (bicyclic) bond motifs is 1. The molecule has 0 bridgehead atoms. The van der Waals surface area contributed by atoms with Crippen LogP contribution in [0.3, 0.4) is 0 Å². The van der Waals surface area contributed by atoms with Gasteiger partial charge in [0.05, 0.1) is 11.9 Å². The van der Waals surface area contributed by atoms with Crippen LogP contribution < -0.4 is 5.32 Å². The smallest absolute Gasteiger partial charge is 0.226 e. The third-order valence-electron chi connectivity index (χ3n) is 4.68. The molecule has 25 heavy (non-hydrogen) atoms. The first-order chi connectivity index (χ1) is 12.2. The van der Waals surface area contributed by atoms with Crippen LogP contribution in [0.1, 0.15) is 36.0 Å². The first-order valence-electron chi connectivity index (χ1n) is 8.38. The fraction of sp³-hybridized carbons (Fsp3) is 0.200. The Morgan fingerprint density at radius 1 is 1.16 bits per heavy atom. The summed E-state index contributed by atoms with van der Waals surface area (Å²) in [7, 11) is 0. The van der Waals surface area contributed by atoms with Gasteiger partial charge in [-0.3, -0.25) is 4.79 Å². The largest absolute Gasteiger partial charge is 0.310 e. The maximum Gasteiger partial charge on any atom is 0.226 e. The average molecular weight is 352 g/mol. The molecule has 1 N–H and O–H groups in total. The number of hydrogen-bond acceptors (Lipinski definition) is 2. The molecule has 2 heterocycles. The van der Waals surface area contributed by atoms with Crippen molar-refractivity contribution >= 4 is 23.3 Å². The zero-order valence-corrected chi connectivity index (χ0v) is 14.6. The van der Waals surface area contributed by atoms with Crippen LogP contribution in [0.4, 0.5) is 5.82 Å². The summed E-state index contributed by atoms with van der Waals surface area (Å²) in [5.41, 5.74) is 4.34. The fourth-order valence-corrected chi connectivity index (χ4v) is 3.41. The van der Waals surface area contributed by atoms with Crippen LogP contribution >= 0.6 is 11.6 Å². The second-order valence-electron chi connectivity index (χ2n) is 6.24. The predicted molar refractivity (Wildman–Crippen MR) is 99.5 cm³/mol. The highest BCUT2D eigenvalue weighted by molar-refractivity contribution is 6.30. The van der Waals surface area contributed by atoms with Gasteiger partial charge in [0, 0.05) is 22.9 Å². The quantitative estimate of drug-likeness (QED) is 0.751. The summed E-state index contributed by atoms with van der Waals surface area (Å²) in [6.07, 6.45) is 3.29. The standard InChI is InChI=1S/C20H18ClN3O/c1-2-13-3-5-14(6-4-13)17-11-19(25)23-20-18(17)12-22-24(20)16-9-7-15(21)8-10-16/h3-10,12,17H,2,11H2,1H3,(H,23,25)/t17-/m0/s1. The van der Waals surface area contributed by atoms with Gasteiger partial charge in [0.1, 0.15) is 5.82 Å². The van der Waals surface area contributed by atoms with E-state index in [1.54, 1.807) is 4.68 Å². The Kier molecular flexibility index (Phi) is 4.06. The lowest BCUT2D eigenvalue weighted by Gasteiger charge is -2.24. The van der Waals surface area contributed by atoms with Gasteiger partial charge in [-0.1, -0.05) is 42.8 Å². The molecule has 3 aromatic rings. The molecule has 4 nitrogen and oxygen atoms in total. The number of halogens is 1. The summed E-state index contributed by atoms with van der Waals surface area (Å²) in [4.78, 5) is 12.3. The van der Waals surface area contributed by atoms with Crippen LogP contribution in [-0.4, -0.2) is 15.7 Å². The van der Waals surface area contributed by atoms with E-state index >= 15 is 0 Å². The van der Waals surface area contributed by atoms with Crippen molar-refractivity contribution in [2.24, 2.45) is 0 Å². The number of rotatable bonds is 3. The number of carbonyl (C=O) groups excluding carboxylic acids is 1. The monoisotopic (exact) mass is 351 g/mol. The van der Waals surface area contributed by atoms with Crippen molar-refractivity contribution in [3.8, 4) is 5.69 Å². The van der Waals surface area contributed by atoms with Crippen LogP contribution in [0.2, 0.25) is 5.02 Å². The minimum absolute atomic E-state index is 0.00721. The molecule has 2 aromatic carbocycles. The van der Waals surface area contributed by atoms with Crippen LogP contribution in [0.25, 0.3) is 5.69 Å². The molecule has 0 saturated heterocycles. The fourth-order valence-electron chi connectivity index (χ4n) is 3.28. The van der Waals surface area contributed by atoms with E-state index in [0.29, 0.717) is 11.4 Å². The summed E-state index contributed by atoms with van der Waals surface area (Å²) in [6, 6.07) is 15.9. The first kappa shape index (κ1) is 15.9. The SMILES string of the molecule is CCc1ccc([C@@H]2CC(=O)Nc3c2cnn3-c2ccc(Cl)cc2)cc1. The predicted octanol–water partition coefficient (Wildman–Crippen LogP) is 4.56. The molecule has 0 unspecified atom stereocenters. The Labute approximate surface area is 151 Å². The van der Waals surface area contributed by atoms with Crippen molar-refractivity contribution in [3.63, 3.8) is 0 Å². The van der Waals surface area contributed by atoms with Gasteiger partial charge in [-0.05, 0) is 41.8 Å². The number of nitrogens with one attached hydrogen (secondary N) is 1. The van der Waals surface area contributed by atoms with E-state index in [-0.39, 0.29) is 11.8 Å². The summed E-state index contributed by atoms with van der Waals surface area (Å²) in [5.74, 6) is 0.770. The molecule has 1 aliphatic rings. The van der Waals surface area contributed by atoms with Gasteiger partial charge in [-0.25, -0.2) is 4.68 Å². The lowest BCUT2D eigenvalue weighted by Crippen LogP contribution is -2.24. The number of nitrogens with zero attached hydrogens (tertiary/aromatic N) is 2. The first-order valence-corrected chi connectivity index (χ1v) is 8.76. The summed E-state index contributed by atoms with van der Waals surface area (Å²) in [5, 5.41) is 8.14. The molecule has 0 aliphatic carbocycles. The number of hydrogen-bond donors (Lipinski definition) is 1. The molecule has 0 radical (unpaired) electrons. The van der Waals surface area contributed by atoms with Gasteiger partial charge in [0.15, 0.2) is 0 Å². The number of benzene rings is 2. The average Bonchev–Trinajstić information content (AvgIpc) is 3.05. The third kappa shape index (κ3) is 2.94. The van der Waals surface area contributed by atoms with Crippen molar-refractivity contribution in [2.75, 3.05) is 5.32 Å². The molecule has 0 fully saturated rings. The molecular formula is C20H18ClN3O. The van der Waals surface area contributed by atoms with Gasteiger partial charge in [-0.15, -0.1) is 0 Å². The zero-order chi connectivity index (χ0) is 17.4. The molecule has 5 heteroatoms. The lowest BCUT2D eigenvalue weighted by molar-refractivity contribution is -0.116. The van der Waals surface area contributed by atoms with Crippen molar-refractivity contribution in [1.82, 2.24) is 9.78 Å². The normalized spacial score (nSPS) is 16.4. The molecule has 1 aliphatic heterocycles. The Morgan fingerprint density at radius 3 is 2.56 bits per heavy atom. The van der Waals surface area contributed by atoms with Crippen molar-refractivity contribution < 1.29 is 4.79 Å². The van der Waals surface area contributed by atoms with Crippen molar-refractivity contribution in [2.45, 2.75) is 25.7 Å². The number of carbonyl (C=O) groups is 1. The van der Waals surface area contributed by atoms with Crippen LogP contribution in [0.5, 0.6) is 0 Å². The van der Waals surface area contributed by atoms with Crippen LogP contribution in [0.15, 0.2) is 54.7 Å². The number of anilines is 1. The molecule has 126 valence electrons. The van der Waals surface area contributed by atoms with Gasteiger partial charge >= 0.3 is 0 Å². The molecule has 4 rings (SSSR count). The maximum absolute atomic E-state index is 12.3. The van der Waals surface area contributed by atoms with E-state index in [4.69, 9.17) is 11.6 Å². The molecule has 1 aromatic heterocycles. The third-order valence-corrected chi connectivity index (χ3v) is 4.93. The highest BCUT2D eigenvalue weighted by Gasteiger charge is 2.30. The Bertz CT molecular complexity index is 913. The Hall–Kier alpha value is -2.59. The van der Waals surface area contributed by atoms with Crippen molar-refractivity contribution in [1.29, 1.82) is 0 Å². The number of aromatic nitrogens is 2. The summed E-state index contributed by atoms with van der Waals surface area (Å²) in [6.45, 7) is 2.14. The summed E-state index contributed by atoms with van der Waals surface area (Å²) < 4.78 is 1.76. The second kappa shape index (κ2) is 6.37.